The lowest BCUT2D eigenvalue weighted by molar-refractivity contribution is 0.572. The summed E-state index contributed by atoms with van der Waals surface area (Å²) in [4.78, 5) is 17.4. The van der Waals surface area contributed by atoms with Crippen LogP contribution in [0.25, 0.3) is 0 Å². The Bertz CT molecular complexity index is 939. The van der Waals surface area contributed by atoms with Gasteiger partial charge in [0.2, 0.25) is 0 Å². The van der Waals surface area contributed by atoms with Gasteiger partial charge in [-0.3, -0.25) is 0 Å². The summed E-state index contributed by atoms with van der Waals surface area (Å²) in [6.07, 6.45) is 12.9. The normalized spacial score (nSPS) is 13.4. The second-order valence-corrected chi connectivity index (χ2v) is 7.72. The van der Waals surface area contributed by atoms with E-state index < -0.39 is 0 Å². The molecule has 11 nitrogen and oxygen atoms in total. The van der Waals surface area contributed by atoms with Crippen LogP contribution in [0.5, 0.6) is 0 Å². The number of anilines is 2. The first-order valence-corrected chi connectivity index (χ1v) is 11.0. The molecule has 3 N–H and O–H groups in total. The lowest BCUT2D eigenvalue weighted by Crippen LogP contribution is -2.46. The Kier molecular flexibility index (Phi) is 7.77. The largest absolute Gasteiger partial charge is 0.365 e. The Morgan fingerprint density at radius 1 is 0.844 bits per heavy atom. The molecule has 3 aromatic heterocycles. The van der Waals surface area contributed by atoms with Crippen molar-refractivity contribution in [2.75, 3.05) is 62.2 Å². The third-order valence-corrected chi connectivity index (χ3v) is 5.57. The highest BCUT2D eigenvalue weighted by atomic mass is 15.3. The van der Waals surface area contributed by atoms with E-state index in [1.54, 1.807) is 18.6 Å². The fourth-order valence-corrected chi connectivity index (χ4v) is 3.82. The highest BCUT2D eigenvalue weighted by Gasteiger charge is 2.24. The Morgan fingerprint density at radius 2 is 1.44 bits per heavy atom. The summed E-state index contributed by atoms with van der Waals surface area (Å²) in [6, 6.07) is 1.97. The molecular formula is C21H31N11. The van der Waals surface area contributed by atoms with Crippen LogP contribution < -0.4 is 20.4 Å². The van der Waals surface area contributed by atoms with Crippen molar-refractivity contribution in [3.8, 4) is 0 Å². The number of fused-ring (bicyclic) bond motifs is 1. The first kappa shape index (κ1) is 21.9. The number of hydrogen-bond acceptors (Lipinski definition) is 9. The van der Waals surface area contributed by atoms with Crippen molar-refractivity contribution in [1.29, 1.82) is 5.53 Å². The number of imidazole rings is 2. The zero-order valence-electron chi connectivity index (χ0n) is 18.3. The summed E-state index contributed by atoms with van der Waals surface area (Å²) in [5.41, 5.74) is 9.01. The Balaban J connectivity index is 1.26. The van der Waals surface area contributed by atoms with Gasteiger partial charge in [-0.1, -0.05) is 0 Å². The number of pyridine rings is 1. The van der Waals surface area contributed by atoms with Crippen LogP contribution in [0.3, 0.4) is 0 Å². The Morgan fingerprint density at radius 3 is 2.03 bits per heavy atom. The Labute approximate surface area is 188 Å². The van der Waals surface area contributed by atoms with E-state index in [1.165, 1.54) is 0 Å². The molecule has 11 heteroatoms. The monoisotopic (exact) mass is 437 g/mol. The van der Waals surface area contributed by atoms with Crippen LogP contribution >= 0.6 is 0 Å². The summed E-state index contributed by atoms with van der Waals surface area (Å²) < 4.78 is 4.13. The van der Waals surface area contributed by atoms with Crippen LogP contribution in [0.1, 0.15) is 0 Å². The fourth-order valence-electron chi connectivity index (χ4n) is 3.82. The average molecular weight is 438 g/mol. The minimum Gasteiger partial charge on any atom is -0.365 e. The van der Waals surface area contributed by atoms with E-state index in [0.29, 0.717) is 5.69 Å². The van der Waals surface area contributed by atoms with E-state index in [4.69, 9.17) is 5.53 Å². The van der Waals surface area contributed by atoms with Crippen molar-refractivity contribution in [2.45, 2.75) is 13.1 Å². The highest BCUT2D eigenvalue weighted by Crippen LogP contribution is 2.33. The van der Waals surface area contributed by atoms with Gasteiger partial charge in [0.15, 0.2) is 5.82 Å². The molecule has 0 radical (unpaired) electrons. The second kappa shape index (κ2) is 11.3. The molecule has 3 aromatic rings. The van der Waals surface area contributed by atoms with E-state index in [0.717, 1.165) is 77.0 Å². The van der Waals surface area contributed by atoms with Gasteiger partial charge in [0, 0.05) is 90.2 Å². The quantitative estimate of drug-likeness (QED) is 0.273. The number of nitrogens with one attached hydrogen (secondary N) is 3. The van der Waals surface area contributed by atoms with Crippen molar-refractivity contribution < 1.29 is 0 Å². The van der Waals surface area contributed by atoms with Gasteiger partial charge in [-0.25, -0.2) is 20.5 Å². The molecule has 32 heavy (non-hydrogen) atoms. The third kappa shape index (κ3) is 5.89. The smallest absolute Gasteiger partial charge is 0.152 e. The zero-order valence-corrected chi connectivity index (χ0v) is 18.3. The molecule has 0 unspecified atom stereocenters. The molecule has 0 spiro atoms. The highest BCUT2D eigenvalue weighted by molar-refractivity contribution is 5.72. The van der Waals surface area contributed by atoms with Crippen molar-refractivity contribution in [1.82, 2.24) is 34.7 Å². The predicted octanol–water partition coefficient (Wildman–Crippen LogP) is 1.34. The summed E-state index contributed by atoms with van der Waals surface area (Å²) in [5.74, 6) is 0.971. The molecule has 0 amide bonds. The van der Waals surface area contributed by atoms with E-state index in [2.05, 4.69) is 49.6 Å². The van der Waals surface area contributed by atoms with Crippen LogP contribution in [-0.2, 0) is 13.1 Å². The van der Waals surface area contributed by atoms with Gasteiger partial charge in [-0.05, 0) is 6.07 Å². The maximum atomic E-state index is 7.37. The SMILES string of the molecule is N=Nc1cnc2c(c1)N(CCNCCn1ccnc1)CCN2CCNCCn1ccnc1. The zero-order chi connectivity index (χ0) is 22.0. The molecule has 4 heterocycles. The van der Waals surface area contributed by atoms with Gasteiger partial charge in [-0.2, -0.15) is 5.11 Å². The van der Waals surface area contributed by atoms with E-state index >= 15 is 0 Å². The molecule has 0 saturated heterocycles. The second-order valence-electron chi connectivity index (χ2n) is 7.72. The van der Waals surface area contributed by atoms with Gasteiger partial charge < -0.3 is 29.6 Å². The number of rotatable bonds is 13. The molecule has 4 rings (SSSR count). The van der Waals surface area contributed by atoms with Crippen molar-refractivity contribution in [3.63, 3.8) is 0 Å². The molecule has 0 bridgehead atoms. The summed E-state index contributed by atoms with van der Waals surface area (Å²) in [5, 5.41) is 10.6. The first-order chi connectivity index (χ1) is 15.8. The molecule has 170 valence electrons. The lowest BCUT2D eigenvalue weighted by atomic mass is 10.2. The average Bonchev–Trinajstić information content (AvgIpc) is 3.53. The van der Waals surface area contributed by atoms with Gasteiger partial charge in [0.25, 0.3) is 0 Å². The molecule has 1 aliphatic rings. The standard InChI is InChI=1S/C21H31N11/c22-28-19-15-20-21(27-16-19)32(12-6-24-2-8-30-10-4-26-18-30)14-13-31(20)11-5-23-1-7-29-9-3-25-17-29/h3-4,9-10,15-18,22-24H,1-2,5-8,11-14H2. The predicted molar refractivity (Wildman–Crippen MR) is 124 cm³/mol. The van der Waals surface area contributed by atoms with Crippen LogP contribution in [0.4, 0.5) is 17.2 Å². The van der Waals surface area contributed by atoms with Gasteiger partial charge in [0.05, 0.1) is 24.5 Å². The molecule has 0 aromatic carbocycles. The van der Waals surface area contributed by atoms with Crippen molar-refractivity contribution in [3.05, 3.63) is 49.7 Å². The maximum absolute atomic E-state index is 7.37. The summed E-state index contributed by atoms with van der Waals surface area (Å²) >= 11 is 0. The van der Waals surface area contributed by atoms with Crippen LogP contribution in [0, 0.1) is 5.53 Å². The minimum absolute atomic E-state index is 0.585. The van der Waals surface area contributed by atoms with Gasteiger partial charge in [-0.15, -0.1) is 0 Å². The van der Waals surface area contributed by atoms with E-state index in [-0.39, 0.29) is 0 Å². The summed E-state index contributed by atoms with van der Waals surface area (Å²) in [6.45, 7) is 9.00. The van der Waals surface area contributed by atoms with Gasteiger partial charge >= 0.3 is 0 Å². The topological polar surface area (TPSA) is 115 Å². The molecule has 0 aliphatic carbocycles. The van der Waals surface area contributed by atoms with E-state index in [9.17, 15) is 0 Å². The number of hydrogen-bond donors (Lipinski definition) is 3. The van der Waals surface area contributed by atoms with Gasteiger partial charge in [0.1, 0.15) is 5.69 Å². The first-order valence-electron chi connectivity index (χ1n) is 11.0. The van der Waals surface area contributed by atoms with Crippen LogP contribution in [0.15, 0.2) is 54.8 Å². The Hall–Kier alpha value is -3.31. The minimum atomic E-state index is 0.585. The summed E-state index contributed by atoms with van der Waals surface area (Å²) in [7, 11) is 0. The molecule has 1 aliphatic heterocycles. The molecule has 0 fully saturated rings. The van der Waals surface area contributed by atoms with Crippen LogP contribution in [0.2, 0.25) is 0 Å². The van der Waals surface area contributed by atoms with Crippen LogP contribution in [-0.4, -0.2) is 76.4 Å². The van der Waals surface area contributed by atoms with Crippen molar-refractivity contribution in [2.24, 2.45) is 5.11 Å². The van der Waals surface area contributed by atoms with Crippen molar-refractivity contribution >= 4 is 17.2 Å². The fraction of sp³-hybridized carbons (Fsp3) is 0.476. The maximum Gasteiger partial charge on any atom is 0.152 e. The number of nitrogens with zero attached hydrogens (tertiary/aromatic N) is 8. The van der Waals surface area contributed by atoms with E-state index in [1.807, 2.05) is 31.1 Å². The molecule has 0 atom stereocenters. The lowest BCUT2D eigenvalue weighted by Gasteiger charge is -2.38. The number of aromatic nitrogens is 5. The third-order valence-electron chi connectivity index (χ3n) is 5.57. The molecular weight excluding hydrogens is 406 g/mol. The molecule has 0 saturated carbocycles.